The van der Waals surface area contributed by atoms with Gasteiger partial charge in [0.05, 0.1) is 10.5 Å². The van der Waals surface area contributed by atoms with Gasteiger partial charge in [-0.1, -0.05) is 69.0 Å². The summed E-state index contributed by atoms with van der Waals surface area (Å²) in [5, 5.41) is 9.80. The zero-order valence-corrected chi connectivity index (χ0v) is 19.6. The number of benzene rings is 2. The van der Waals surface area contributed by atoms with Crippen LogP contribution in [-0.2, 0) is 0 Å². The number of halogens is 4. The first-order chi connectivity index (χ1) is 15.8. The van der Waals surface area contributed by atoms with Crippen molar-refractivity contribution in [2.24, 2.45) is 5.92 Å². The molecule has 1 aliphatic rings. The molecule has 2 aromatic rings. The fraction of sp³-hybridized carbons (Fsp3) is 0.500. The number of thioether (sulfide) groups is 1. The van der Waals surface area contributed by atoms with Gasteiger partial charge in [-0.15, -0.1) is 0 Å². The third kappa shape index (κ3) is 6.31. The molecule has 3 rings (SSSR count). The maximum Gasteiger partial charge on any atom is 0.335 e. The van der Waals surface area contributed by atoms with E-state index in [9.17, 15) is 27.5 Å². The summed E-state index contributed by atoms with van der Waals surface area (Å²) >= 11 is -0.0495. The zero-order valence-electron chi connectivity index (χ0n) is 18.8. The van der Waals surface area contributed by atoms with Crippen LogP contribution in [0.4, 0.5) is 17.6 Å². The zero-order chi connectivity index (χ0) is 24.0. The van der Waals surface area contributed by atoms with Gasteiger partial charge < -0.3 is 5.11 Å². The Labute approximate surface area is 196 Å². The van der Waals surface area contributed by atoms with Crippen LogP contribution in [0.2, 0.25) is 0 Å². The monoisotopic (exact) mass is 482 g/mol. The number of unbranched alkanes of at least 4 members (excludes halogenated alkanes) is 3. The van der Waals surface area contributed by atoms with E-state index in [1.54, 1.807) is 6.07 Å². The van der Waals surface area contributed by atoms with Crippen LogP contribution in [0.25, 0.3) is 11.1 Å². The third-order valence-electron chi connectivity index (χ3n) is 6.61. The molecule has 1 aliphatic carbocycles. The molecule has 0 aromatic heterocycles. The van der Waals surface area contributed by atoms with E-state index < -0.39 is 28.3 Å². The summed E-state index contributed by atoms with van der Waals surface area (Å²) in [7, 11) is 0. The van der Waals surface area contributed by atoms with E-state index >= 15 is 0 Å². The summed E-state index contributed by atoms with van der Waals surface area (Å²) < 4.78 is 54.8. The van der Waals surface area contributed by atoms with E-state index in [-0.39, 0.29) is 28.8 Å². The summed E-state index contributed by atoms with van der Waals surface area (Å²) in [5.74, 6) is -6.00. The Morgan fingerprint density at radius 3 is 2.36 bits per heavy atom. The van der Waals surface area contributed by atoms with Crippen molar-refractivity contribution in [3.05, 3.63) is 53.1 Å². The fourth-order valence-corrected chi connectivity index (χ4v) is 5.48. The van der Waals surface area contributed by atoms with Gasteiger partial charge in [-0.05, 0) is 60.8 Å². The second-order valence-corrected chi connectivity index (χ2v) is 9.79. The number of rotatable bonds is 10. The van der Waals surface area contributed by atoms with Gasteiger partial charge in [-0.3, -0.25) is 0 Å². The number of hydrogen-bond acceptors (Lipinski definition) is 2. The number of alkyl halides is 2. The van der Waals surface area contributed by atoms with Crippen LogP contribution in [0.15, 0.2) is 35.2 Å². The maximum atomic E-state index is 15.0. The molecule has 0 unspecified atom stereocenters. The van der Waals surface area contributed by atoms with Crippen molar-refractivity contribution < 1.29 is 27.5 Å². The number of carbonyl (C=O) groups is 1. The first-order valence-corrected chi connectivity index (χ1v) is 12.5. The molecular formula is C26H30F4O2S. The summed E-state index contributed by atoms with van der Waals surface area (Å²) in [4.78, 5) is 11.5. The summed E-state index contributed by atoms with van der Waals surface area (Å²) in [6.45, 7) is 2.18. The molecule has 1 fully saturated rings. The molecule has 1 N–H and O–H groups in total. The Morgan fingerprint density at radius 1 is 1.00 bits per heavy atom. The molecule has 180 valence electrons. The standard InChI is InChI=1S/C26H30F4O2S/c1-2-3-4-5-7-16-10-12-17(13-11-16)22-18(8-6-9-20(22)25(31)32)19-14-15-21(33-26(29)30)24(28)23(19)27/h6,8-9,14-17,26H,2-5,7,10-13H2,1H3,(H,31,32)/t16-,17-. The number of aromatic carboxylic acids is 1. The lowest BCUT2D eigenvalue weighted by molar-refractivity contribution is 0.0694. The summed E-state index contributed by atoms with van der Waals surface area (Å²) in [5.41, 5.74) is 0.837. The van der Waals surface area contributed by atoms with Crippen molar-refractivity contribution in [1.29, 1.82) is 0 Å². The predicted octanol–water partition coefficient (Wildman–Crippen LogP) is 8.89. The molecule has 0 aliphatic heterocycles. The summed E-state index contributed by atoms with van der Waals surface area (Å²) in [6, 6.07) is 7.01. The number of carboxylic acids is 1. The van der Waals surface area contributed by atoms with Crippen LogP contribution in [0.1, 0.15) is 86.6 Å². The molecule has 2 aromatic carbocycles. The lowest BCUT2D eigenvalue weighted by atomic mass is 9.74. The molecule has 0 spiro atoms. The van der Waals surface area contributed by atoms with E-state index in [0.717, 1.165) is 31.7 Å². The second-order valence-electron chi connectivity index (χ2n) is 8.76. The van der Waals surface area contributed by atoms with Crippen molar-refractivity contribution in [3.63, 3.8) is 0 Å². The van der Waals surface area contributed by atoms with Crippen molar-refractivity contribution in [2.45, 2.75) is 81.3 Å². The Kier molecular flexibility index (Phi) is 9.24. The molecule has 1 saturated carbocycles. The molecular weight excluding hydrogens is 452 g/mol. The van der Waals surface area contributed by atoms with Crippen molar-refractivity contribution in [3.8, 4) is 11.1 Å². The molecule has 2 nitrogen and oxygen atoms in total. The number of hydrogen-bond donors (Lipinski definition) is 1. The van der Waals surface area contributed by atoms with E-state index in [1.165, 1.54) is 50.3 Å². The molecule has 7 heteroatoms. The minimum atomic E-state index is -2.87. The van der Waals surface area contributed by atoms with E-state index in [0.29, 0.717) is 17.0 Å². The van der Waals surface area contributed by atoms with Gasteiger partial charge >= 0.3 is 5.97 Å². The highest BCUT2D eigenvalue weighted by molar-refractivity contribution is 7.99. The molecule has 0 atom stereocenters. The maximum absolute atomic E-state index is 15.0. The highest BCUT2D eigenvalue weighted by Crippen LogP contribution is 2.44. The van der Waals surface area contributed by atoms with E-state index in [2.05, 4.69) is 6.92 Å². The Morgan fingerprint density at radius 2 is 1.73 bits per heavy atom. The highest BCUT2D eigenvalue weighted by atomic mass is 32.2. The van der Waals surface area contributed by atoms with Crippen LogP contribution >= 0.6 is 11.8 Å². The van der Waals surface area contributed by atoms with Crippen molar-refractivity contribution >= 4 is 17.7 Å². The molecule has 0 radical (unpaired) electrons. The minimum absolute atomic E-state index is 0.0495. The normalized spacial score (nSPS) is 18.6. The van der Waals surface area contributed by atoms with Crippen molar-refractivity contribution in [1.82, 2.24) is 0 Å². The van der Waals surface area contributed by atoms with Gasteiger partial charge in [0.25, 0.3) is 5.76 Å². The van der Waals surface area contributed by atoms with Crippen LogP contribution in [0.3, 0.4) is 0 Å². The van der Waals surface area contributed by atoms with Crippen LogP contribution in [0.5, 0.6) is 0 Å². The fourth-order valence-electron chi connectivity index (χ4n) is 4.95. The average Bonchev–Trinajstić information content (AvgIpc) is 2.80. The van der Waals surface area contributed by atoms with Crippen LogP contribution in [0, 0.1) is 17.6 Å². The van der Waals surface area contributed by atoms with Gasteiger partial charge in [0.1, 0.15) is 0 Å². The van der Waals surface area contributed by atoms with Gasteiger partial charge in [-0.25, -0.2) is 13.6 Å². The summed E-state index contributed by atoms with van der Waals surface area (Å²) in [6.07, 6.45) is 9.57. The van der Waals surface area contributed by atoms with Gasteiger partial charge in [0.2, 0.25) is 0 Å². The lowest BCUT2D eigenvalue weighted by Gasteiger charge is -2.31. The minimum Gasteiger partial charge on any atom is -0.478 e. The predicted molar refractivity (Wildman–Crippen MR) is 124 cm³/mol. The van der Waals surface area contributed by atoms with Gasteiger partial charge in [-0.2, -0.15) is 8.78 Å². The first kappa shape index (κ1) is 25.6. The van der Waals surface area contributed by atoms with Gasteiger partial charge in [0.15, 0.2) is 11.6 Å². The lowest BCUT2D eigenvalue weighted by Crippen LogP contribution is -2.17. The Hall–Kier alpha value is -2.02. The molecule has 0 bridgehead atoms. The molecule has 0 amide bonds. The first-order valence-electron chi connectivity index (χ1n) is 11.6. The van der Waals surface area contributed by atoms with E-state index in [1.807, 2.05) is 0 Å². The Balaban J connectivity index is 1.90. The smallest absolute Gasteiger partial charge is 0.335 e. The third-order valence-corrected chi connectivity index (χ3v) is 7.36. The van der Waals surface area contributed by atoms with Gasteiger partial charge in [0, 0.05) is 5.56 Å². The largest absolute Gasteiger partial charge is 0.478 e. The second kappa shape index (κ2) is 11.9. The van der Waals surface area contributed by atoms with Crippen LogP contribution in [-0.4, -0.2) is 16.8 Å². The molecule has 0 heterocycles. The quantitative estimate of drug-likeness (QED) is 0.209. The average molecular weight is 483 g/mol. The van der Waals surface area contributed by atoms with Crippen molar-refractivity contribution in [2.75, 3.05) is 0 Å². The topological polar surface area (TPSA) is 37.3 Å². The highest BCUT2D eigenvalue weighted by Gasteiger charge is 2.29. The molecule has 33 heavy (non-hydrogen) atoms. The Bertz CT molecular complexity index is 956. The van der Waals surface area contributed by atoms with Crippen LogP contribution < -0.4 is 0 Å². The number of carboxylic acid groups (broad SMARTS) is 1. The molecule has 0 saturated heterocycles. The SMILES string of the molecule is CCCCCC[C@H]1CC[C@H](c2c(C(=O)O)cccc2-c2ccc(SC(F)F)c(F)c2F)CC1. The van der Waals surface area contributed by atoms with E-state index in [4.69, 9.17) is 0 Å².